The van der Waals surface area contributed by atoms with Gasteiger partial charge in [0.05, 0.1) is 0 Å². The third kappa shape index (κ3) is 7.62. The molecule has 2 amide bonds. The Kier molecular flexibility index (Phi) is 9.79. The highest BCUT2D eigenvalue weighted by Crippen LogP contribution is 2.21. The first-order chi connectivity index (χ1) is 16.1. The van der Waals surface area contributed by atoms with Gasteiger partial charge in [-0.25, -0.2) is 0 Å². The van der Waals surface area contributed by atoms with Gasteiger partial charge in [-0.2, -0.15) is 0 Å². The zero-order chi connectivity index (χ0) is 23.5. The Balaban J connectivity index is 1.46. The number of anilines is 2. The SMILES string of the molecule is CCCCCC(=O)N1CCN(c2ccc(NC(=O)c3ccc(CCCCC)cc3)cc2)CC1. The fraction of sp³-hybridized carbons (Fsp3) is 0.500. The molecule has 2 aromatic carbocycles. The van der Waals surface area contributed by atoms with Crippen LogP contribution in [0.2, 0.25) is 0 Å². The highest BCUT2D eigenvalue weighted by atomic mass is 16.2. The van der Waals surface area contributed by atoms with Gasteiger partial charge in [-0.3, -0.25) is 9.59 Å². The van der Waals surface area contributed by atoms with E-state index in [1.165, 1.54) is 24.8 Å². The van der Waals surface area contributed by atoms with Crippen molar-refractivity contribution in [1.29, 1.82) is 0 Å². The van der Waals surface area contributed by atoms with E-state index in [9.17, 15) is 9.59 Å². The number of rotatable bonds is 11. The number of hydrogen-bond donors (Lipinski definition) is 1. The first kappa shape index (κ1) is 24.8. The van der Waals surface area contributed by atoms with Crippen LogP contribution >= 0.6 is 0 Å². The van der Waals surface area contributed by atoms with Gasteiger partial charge in [0.25, 0.3) is 5.91 Å². The molecule has 0 unspecified atom stereocenters. The van der Waals surface area contributed by atoms with Crippen molar-refractivity contribution in [2.45, 2.75) is 65.2 Å². The summed E-state index contributed by atoms with van der Waals surface area (Å²) in [5, 5.41) is 3.00. The number of amides is 2. The van der Waals surface area contributed by atoms with Crippen LogP contribution in [-0.4, -0.2) is 42.9 Å². The summed E-state index contributed by atoms with van der Waals surface area (Å²) in [6.07, 6.45) is 8.65. The van der Waals surface area contributed by atoms with Crippen molar-refractivity contribution in [2.75, 3.05) is 36.4 Å². The van der Waals surface area contributed by atoms with E-state index in [4.69, 9.17) is 0 Å². The molecule has 1 aliphatic heterocycles. The lowest BCUT2D eigenvalue weighted by Crippen LogP contribution is -2.48. The van der Waals surface area contributed by atoms with E-state index in [1.807, 2.05) is 41.3 Å². The maximum absolute atomic E-state index is 12.6. The van der Waals surface area contributed by atoms with Crippen molar-refractivity contribution in [2.24, 2.45) is 0 Å². The first-order valence-corrected chi connectivity index (χ1v) is 12.6. The molecule has 0 aromatic heterocycles. The number of benzene rings is 2. The number of carbonyl (C=O) groups is 2. The average molecular weight is 450 g/mol. The molecule has 1 saturated heterocycles. The van der Waals surface area contributed by atoms with Crippen molar-refractivity contribution in [3.63, 3.8) is 0 Å². The Hall–Kier alpha value is -2.82. The Morgan fingerprint density at radius 3 is 2.06 bits per heavy atom. The largest absolute Gasteiger partial charge is 0.368 e. The lowest BCUT2D eigenvalue weighted by atomic mass is 10.1. The van der Waals surface area contributed by atoms with Crippen molar-refractivity contribution in [3.8, 4) is 0 Å². The summed E-state index contributed by atoms with van der Waals surface area (Å²) in [5.74, 6) is 0.202. The quantitative estimate of drug-likeness (QED) is 0.435. The number of unbranched alkanes of at least 4 members (excludes halogenated alkanes) is 4. The number of nitrogens with one attached hydrogen (secondary N) is 1. The summed E-state index contributed by atoms with van der Waals surface area (Å²) >= 11 is 0. The molecule has 0 saturated carbocycles. The van der Waals surface area contributed by atoms with Gasteiger partial charge in [0, 0.05) is 49.5 Å². The highest BCUT2D eigenvalue weighted by Gasteiger charge is 2.20. The maximum atomic E-state index is 12.6. The van der Waals surface area contributed by atoms with Crippen LogP contribution in [0, 0.1) is 0 Å². The van der Waals surface area contributed by atoms with Crippen molar-refractivity contribution in [1.82, 2.24) is 4.90 Å². The zero-order valence-corrected chi connectivity index (χ0v) is 20.3. The Morgan fingerprint density at radius 2 is 1.42 bits per heavy atom. The topological polar surface area (TPSA) is 52.7 Å². The molecule has 178 valence electrons. The smallest absolute Gasteiger partial charge is 0.255 e. The molecule has 0 bridgehead atoms. The Morgan fingerprint density at radius 1 is 0.788 bits per heavy atom. The summed E-state index contributed by atoms with van der Waals surface area (Å²) in [6.45, 7) is 7.60. The first-order valence-electron chi connectivity index (χ1n) is 12.6. The second kappa shape index (κ2) is 13.0. The summed E-state index contributed by atoms with van der Waals surface area (Å²) in [5.41, 5.74) is 3.88. The van der Waals surface area contributed by atoms with Crippen molar-refractivity contribution < 1.29 is 9.59 Å². The molecular formula is C28H39N3O2. The van der Waals surface area contributed by atoms with Gasteiger partial charge in [0.1, 0.15) is 0 Å². The van der Waals surface area contributed by atoms with E-state index in [1.54, 1.807) is 0 Å². The van der Waals surface area contributed by atoms with Crippen LogP contribution in [0.4, 0.5) is 11.4 Å². The number of hydrogen-bond acceptors (Lipinski definition) is 3. The van der Waals surface area contributed by atoms with E-state index in [0.717, 1.165) is 63.2 Å². The molecule has 33 heavy (non-hydrogen) atoms. The minimum absolute atomic E-state index is 0.0851. The van der Waals surface area contributed by atoms with Crippen LogP contribution in [0.5, 0.6) is 0 Å². The van der Waals surface area contributed by atoms with Crippen LogP contribution in [0.15, 0.2) is 48.5 Å². The maximum Gasteiger partial charge on any atom is 0.255 e. The molecule has 0 aliphatic carbocycles. The van der Waals surface area contributed by atoms with E-state index in [-0.39, 0.29) is 11.8 Å². The number of nitrogens with zero attached hydrogens (tertiary/aromatic N) is 2. The standard InChI is InChI=1S/C28H39N3O2/c1-3-5-7-9-23-11-13-24(14-12-23)28(33)29-25-15-17-26(18-16-25)30-19-21-31(22-20-30)27(32)10-8-6-4-2/h11-18H,3-10,19-22H2,1-2H3,(H,29,33). The molecule has 0 spiro atoms. The monoisotopic (exact) mass is 449 g/mol. The van der Waals surface area contributed by atoms with Gasteiger partial charge in [0.15, 0.2) is 0 Å². The van der Waals surface area contributed by atoms with Crippen molar-refractivity contribution in [3.05, 3.63) is 59.7 Å². The van der Waals surface area contributed by atoms with Crippen LogP contribution < -0.4 is 10.2 Å². The molecule has 5 nitrogen and oxygen atoms in total. The van der Waals surface area contributed by atoms with E-state index < -0.39 is 0 Å². The number of aryl methyl sites for hydroxylation is 1. The highest BCUT2D eigenvalue weighted by molar-refractivity contribution is 6.04. The van der Waals surface area contributed by atoms with Crippen LogP contribution in [0.3, 0.4) is 0 Å². The molecular weight excluding hydrogens is 410 g/mol. The normalized spacial score (nSPS) is 13.8. The number of piperazine rings is 1. The van der Waals surface area contributed by atoms with Crippen LogP contribution in [0.1, 0.15) is 74.7 Å². The van der Waals surface area contributed by atoms with Gasteiger partial charge in [0.2, 0.25) is 5.91 Å². The van der Waals surface area contributed by atoms with Gasteiger partial charge in [-0.05, 0) is 61.2 Å². The van der Waals surface area contributed by atoms with E-state index in [0.29, 0.717) is 12.0 Å². The molecule has 1 N–H and O–H groups in total. The minimum Gasteiger partial charge on any atom is -0.368 e. The third-order valence-electron chi connectivity index (χ3n) is 6.40. The number of carbonyl (C=O) groups excluding carboxylic acids is 2. The molecule has 1 aliphatic rings. The molecule has 3 rings (SSSR count). The third-order valence-corrected chi connectivity index (χ3v) is 6.40. The molecule has 1 heterocycles. The average Bonchev–Trinajstić information content (AvgIpc) is 2.85. The molecule has 0 atom stereocenters. The second-order valence-electron chi connectivity index (χ2n) is 8.98. The molecule has 0 radical (unpaired) electrons. The van der Waals surface area contributed by atoms with Gasteiger partial charge in [-0.15, -0.1) is 0 Å². The molecule has 2 aromatic rings. The van der Waals surface area contributed by atoms with Crippen molar-refractivity contribution >= 4 is 23.2 Å². The summed E-state index contributed by atoms with van der Waals surface area (Å²) < 4.78 is 0. The Bertz CT molecular complexity index is 869. The van der Waals surface area contributed by atoms with Crippen LogP contribution in [0.25, 0.3) is 0 Å². The van der Waals surface area contributed by atoms with Crippen LogP contribution in [-0.2, 0) is 11.2 Å². The van der Waals surface area contributed by atoms with E-state index in [2.05, 4.69) is 36.2 Å². The summed E-state index contributed by atoms with van der Waals surface area (Å²) in [4.78, 5) is 29.2. The fourth-order valence-corrected chi connectivity index (χ4v) is 4.26. The molecule has 1 fully saturated rings. The minimum atomic E-state index is -0.0851. The summed E-state index contributed by atoms with van der Waals surface area (Å²) in [7, 11) is 0. The predicted octanol–water partition coefficient (Wildman–Crippen LogP) is 5.90. The fourth-order valence-electron chi connectivity index (χ4n) is 4.26. The lowest BCUT2D eigenvalue weighted by Gasteiger charge is -2.36. The summed E-state index contributed by atoms with van der Waals surface area (Å²) in [6, 6.07) is 15.9. The van der Waals surface area contributed by atoms with Gasteiger partial charge < -0.3 is 15.1 Å². The lowest BCUT2D eigenvalue weighted by molar-refractivity contribution is -0.131. The second-order valence-corrected chi connectivity index (χ2v) is 8.98. The van der Waals surface area contributed by atoms with Gasteiger partial charge >= 0.3 is 0 Å². The predicted molar refractivity (Wildman–Crippen MR) is 137 cm³/mol. The zero-order valence-electron chi connectivity index (χ0n) is 20.3. The van der Waals surface area contributed by atoms with E-state index >= 15 is 0 Å². The Labute approximate surface area is 199 Å². The van der Waals surface area contributed by atoms with Gasteiger partial charge in [-0.1, -0.05) is 51.7 Å². The molecule has 5 heteroatoms.